The van der Waals surface area contributed by atoms with Gasteiger partial charge in [0.1, 0.15) is 0 Å². The number of fused-ring (bicyclic) bond motifs is 3. The summed E-state index contributed by atoms with van der Waals surface area (Å²) in [5, 5.41) is 3.24. The summed E-state index contributed by atoms with van der Waals surface area (Å²) >= 11 is 0. The fourth-order valence-corrected chi connectivity index (χ4v) is 3.76. The lowest BCUT2D eigenvalue weighted by molar-refractivity contribution is 0.649. The van der Waals surface area contributed by atoms with E-state index in [0.717, 1.165) is 30.8 Å². The van der Waals surface area contributed by atoms with Crippen LogP contribution >= 0.6 is 24.0 Å². The summed E-state index contributed by atoms with van der Waals surface area (Å²) in [6, 6.07) is 8.87. The second kappa shape index (κ2) is 8.18. The fraction of sp³-hybridized carbons (Fsp3) is 0.611. The number of guanidine groups is 1. The Morgan fingerprint density at radius 2 is 2.09 bits per heavy atom. The predicted molar refractivity (Wildman–Crippen MR) is 104 cm³/mol. The highest BCUT2D eigenvalue weighted by atomic mass is 127. The van der Waals surface area contributed by atoms with Crippen molar-refractivity contribution in [3.63, 3.8) is 0 Å². The Kier molecular flexibility index (Phi) is 6.53. The molecule has 1 fully saturated rings. The minimum absolute atomic E-state index is 0. The van der Waals surface area contributed by atoms with Gasteiger partial charge < -0.3 is 11.1 Å². The van der Waals surface area contributed by atoms with Gasteiger partial charge in [-0.1, -0.05) is 50.5 Å². The third-order valence-corrected chi connectivity index (χ3v) is 5.01. The third-order valence-electron chi connectivity index (χ3n) is 5.01. The highest BCUT2D eigenvalue weighted by Crippen LogP contribution is 2.61. The first-order valence-corrected chi connectivity index (χ1v) is 8.43. The summed E-state index contributed by atoms with van der Waals surface area (Å²) in [6.45, 7) is 4.07. The SMILES string of the molecule is CCCCCCNC(N)=NCC1C2Cc3ccccc3C12.I. The fourth-order valence-electron chi connectivity index (χ4n) is 3.76. The standard InChI is InChI=1S/C18H27N3.HI/c1-2-3-4-7-10-20-18(19)21-12-16-15-11-13-8-5-6-9-14(13)17(15)16;/h5-6,8-9,15-17H,2-4,7,10-12H2,1H3,(H3,19,20,21);1H. The number of rotatable bonds is 7. The number of hydrogen-bond donors (Lipinski definition) is 2. The summed E-state index contributed by atoms with van der Waals surface area (Å²) in [4.78, 5) is 4.54. The van der Waals surface area contributed by atoms with E-state index in [1.54, 1.807) is 11.1 Å². The number of unbranched alkanes of at least 4 members (excludes halogenated alkanes) is 3. The van der Waals surface area contributed by atoms with E-state index in [1.807, 2.05) is 0 Å². The first-order chi connectivity index (χ1) is 10.3. The molecule has 2 aliphatic carbocycles. The van der Waals surface area contributed by atoms with E-state index in [4.69, 9.17) is 5.73 Å². The lowest BCUT2D eigenvalue weighted by Crippen LogP contribution is -2.32. The van der Waals surface area contributed by atoms with Crippen LogP contribution in [0.2, 0.25) is 0 Å². The van der Waals surface area contributed by atoms with E-state index < -0.39 is 0 Å². The Bertz CT molecular complexity index is 515. The Morgan fingerprint density at radius 1 is 1.27 bits per heavy atom. The molecule has 3 rings (SSSR count). The van der Waals surface area contributed by atoms with Crippen molar-refractivity contribution in [3.05, 3.63) is 35.4 Å². The second-order valence-electron chi connectivity index (χ2n) is 6.47. The van der Waals surface area contributed by atoms with E-state index in [1.165, 1.54) is 32.1 Å². The molecule has 3 atom stereocenters. The van der Waals surface area contributed by atoms with Crippen LogP contribution in [0.3, 0.4) is 0 Å². The van der Waals surface area contributed by atoms with Gasteiger partial charge in [-0.2, -0.15) is 0 Å². The Morgan fingerprint density at radius 3 is 2.91 bits per heavy atom. The minimum Gasteiger partial charge on any atom is -0.370 e. The molecule has 0 bridgehead atoms. The van der Waals surface area contributed by atoms with Gasteiger partial charge in [0.15, 0.2) is 5.96 Å². The van der Waals surface area contributed by atoms with Gasteiger partial charge in [0.2, 0.25) is 0 Å². The van der Waals surface area contributed by atoms with Gasteiger partial charge in [-0.05, 0) is 41.7 Å². The molecule has 22 heavy (non-hydrogen) atoms. The summed E-state index contributed by atoms with van der Waals surface area (Å²) in [7, 11) is 0. The smallest absolute Gasteiger partial charge is 0.188 e. The molecule has 3 nitrogen and oxygen atoms in total. The van der Waals surface area contributed by atoms with Gasteiger partial charge in [0, 0.05) is 13.1 Å². The van der Waals surface area contributed by atoms with E-state index in [2.05, 4.69) is 41.5 Å². The Hall–Kier alpha value is -0.780. The van der Waals surface area contributed by atoms with Crippen LogP contribution in [-0.2, 0) is 6.42 Å². The maximum atomic E-state index is 5.95. The number of nitrogens with one attached hydrogen (secondary N) is 1. The van der Waals surface area contributed by atoms with Crippen LogP contribution in [0.4, 0.5) is 0 Å². The molecule has 0 aromatic heterocycles. The molecular formula is C18H28IN3. The predicted octanol–water partition coefficient (Wildman–Crippen LogP) is 3.67. The van der Waals surface area contributed by atoms with Gasteiger partial charge >= 0.3 is 0 Å². The first kappa shape index (κ1) is 17.6. The highest BCUT2D eigenvalue weighted by molar-refractivity contribution is 14.0. The molecule has 3 unspecified atom stereocenters. The quantitative estimate of drug-likeness (QED) is 0.310. The van der Waals surface area contributed by atoms with E-state index >= 15 is 0 Å². The van der Waals surface area contributed by atoms with E-state index in [-0.39, 0.29) is 24.0 Å². The van der Waals surface area contributed by atoms with E-state index in [0.29, 0.717) is 5.96 Å². The molecule has 4 heteroatoms. The largest absolute Gasteiger partial charge is 0.370 e. The second-order valence-corrected chi connectivity index (χ2v) is 6.47. The number of hydrogen-bond acceptors (Lipinski definition) is 1. The zero-order valence-electron chi connectivity index (χ0n) is 13.4. The number of aliphatic imine (C=N–C) groups is 1. The van der Waals surface area contributed by atoms with Crippen molar-refractivity contribution in [1.82, 2.24) is 5.32 Å². The minimum atomic E-state index is 0. The number of benzene rings is 1. The van der Waals surface area contributed by atoms with Crippen molar-refractivity contribution in [2.45, 2.75) is 44.9 Å². The molecule has 0 spiro atoms. The normalized spacial score (nSPS) is 25.1. The topological polar surface area (TPSA) is 50.4 Å². The van der Waals surface area contributed by atoms with Gasteiger partial charge in [0.25, 0.3) is 0 Å². The molecule has 1 aromatic carbocycles. The molecule has 0 radical (unpaired) electrons. The summed E-state index contributed by atoms with van der Waals surface area (Å²) < 4.78 is 0. The summed E-state index contributed by atoms with van der Waals surface area (Å²) in [6.07, 6.45) is 6.29. The molecule has 0 amide bonds. The van der Waals surface area contributed by atoms with Crippen molar-refractivity contribution in [1.29, 1.82) is 0 Å². The van der Waals surface area contributed by atoms with Crippen molar-refractivity contribution < 1.29 is 0 Å². The first-order valence-electron chi connectivity index (χ1n) is 8.43. The van der Waals surface area contributed by atoms with E-state index in [9.17, 15) is 0 Å². The molecule has 1 aromatic rings. The maximum Gasteiger partial charge on any atom is 0.188 e. The van der Waals surface area contributed by atoms with Gasteiger partial charge in [-0.3, -0.25) is 4.99 Å². The summed E-state index contributed by atoms with van der Waals surface area (Å²) in [5.41, 5.74) is 9.06. The highest BCUT2D eigenvalue weighted by Gasteiger charge is 2.54. The Balaban J connectivity index is 0.00000176. The average Bonchev–Trinajstić information content (AvgIpc) is 3.04. The third kappa shape index (κ3) is 3.94. The van der Waals surface area contributed by atoms with Crippen LogP contribution in [0.15, 0.2) is 29.3 Å². The van der Waals surface area contributed by atoms with Crippen molar-refractivity contribution >= 4 is 29.9 Å². The van der Waals surface area contributed by atoms with Crippen molar-refractivity contribution in [3.8, 4) is 0 Å². The lowest BCUT2D eigenvalue weighted by atomic mass is 10.0. The zero-order valence-corrected chi connectivity index (χ0v) is 15.8. The lowest BCUT2D eigenvalue weighted by Gasteiger charge is -2.07. The molecular weight excluding hydrogens is 385 g/mol. The maximum absolute atomic E-state index is 5.95. The molecule has 3 N–H and O–H groups in total. The number of halogens is 1. The molecule has 0 heterocycles. The zero-order chi connectivity index (χ0) is 14.7. The van der Waals surface area contributed by atoms with Crippen LogP contribution in [0.25, 0.3) is 0 Å². The average molecular weight is 413 g/mol. The van der Waals surface area contributed by atoms with Gasteiger partial charge in [0.05, 0.1) is 0 Å². The Labute approximate surface area is 151 Å². The van der Waals surface area contributed by atoms with Crippen LogP contribution in [0.5, 0.6) is 0 Å². The number of nitrogens with zero attached hydrogens (tertiary/aromatic N) is 1. The van der Waals surface area contributed by atoms with Crippen LogP contribution in [0, 0.1) is 11.8 Å². The molecule has 2 aliphatic rings. The number of nitrogens with two attached hydrogens (primary N) is 1. The molecule has 0 saturated heterocycles. The summed E-state index contributed by atoms with van der Waals surface area (Å²) in [5.74, 6) is 2.93. The van der Waals surface area contributed by atoms with Crippen molar-refractivity contribution in [2.75, 3.05) is 13.1 Å². The van der Waals surface area contributed by atoms with Crippen molar-refractivity contribution in [2.24, 2.45) is 22.6 Å². The molecule has 1 saturated carbocycles. The van der Waals surface area contributed by atoms with Crippen LogP contribution in [-0.4, -0.2) is 19.0 Å². The monoisotopic (exact) mass is 413 g/mol. The van der Waals surface area contributed by atoms with Gasteiger partial charge in [-0.15, -0.1) is 24.0 Å². The molecule has 122 valence electrons. The van der Waals surface area contributed by atoms with Crippen LogP contribution < -0.4 is 11.1 Å². The molecule has 0 aliphatic heterocycles. The van der Waals surface area contributed by atoms with Gasteiger partial charge in [-0.25, -0.2) is 0 Å². The van der Waals surface area contributed by atoms with Crippen LogP contribution in [0.1, 0.15) is 49.7 Å².